The molecule has 2 aromatic carbocycles. The molecule has 0 spiro atoms. The van der Waals surface area contributed by atoms with Crippen LogP contribution in [0.1, 0.15) is 23.0 Å². The number of carbonyl (C=O) groups excluding carboxylic acids is 2. The van der Waals surface area contributed by atoms with E-state index >= 15 is 0 Å². The van der Waals surface area contributed by atoms with Crippen LogP contribution in [0.4, 0.5) is 0 Å². The molecule has 0 N–H and O–H groups in total. The first-order valence-electron chi connectivity index (χ1n) is 7.95. The van der Waals surface area contributed by atoms with Crippen LogP contribution in [0, 0.1) is 0 Å². The molecule has 6 heteroatoms. The molecule has 0 amide bonds. The molecule has 6 nitrogen and oxygen atoms in total. The van der Waals surface area contributed by atoms with Gasteiger partial charge in [0, 0.05) is 11.1 Å². The van der Waals surface area contributed by atoms with Gasteiger partial charge in [-0.25, -0.2) is 4.68 Å². The normalized spacial score (nSPS) is 10.4. The van der Waals surface area contributed by atoms with Gasteiger partial charge in [-0.05, 0) is 6.92 Å². The van der Waals surface area contributed by atoms with Crippen molar-refractivity contribution in [1.82, 2.24) is 15.0 Å². The average Bonchev–Trinajstić information content (AvgIpc) is 3.06. The number of esters is 1. The lowest BCUT2D eigenvalue weighted by atomic mass is 10.0. The smallest absolute Gasteiger partial charge is 0.327 e. The van der Waals surface area contributed by atoms with E-state index in [0.717, 1.165) is 5.56 Å². The van der Waals surface area contributed by atoms with Gasteiger partial charge in [0.05, 0.1) is 6.61 Å². The topological polar surface area (TPSA) is 74.1 Å². The predicted octanol–water partition coefficient (Wildman–Crippen LogP) is 2.74. The Morgan fingerprint density at radius 2 is 1.64 bits per heavy atom. The summed E-state index contributed by atoms with van der Waals surface area (Å²) in [5, 5.41) is 8.04. The fourth-order valence-electron chi connectivity index (χ4n) is 2.51. The van der Waals surface area contributed by atoms with Crippen LogP contribution in [-0.2, 0) is 16.1 Å². The van der Waals surface area contributed by atoms with Gasteiger partial charge in [-0.15, -0.1) is 5.10 Å². The first kappa shape index (κ1) is 16.6. The third-order valence-electron chi connectivity index (χ3n) is 3.62. The summed E-state index contributed by atoms with van der Waals surface area (Å²) >= 11 is 0. The Kier molecular flexibility index (Phi) is 4.99. The van der Waals surface area contributed by atoms with Gasteiger partial charge < -0.3 is 4.74 Å². The number of benzene rings is 2. The maximum Gasteiger partial charge on any atom is 0.327 e. The molecule has 3 aromatic rings. The van der Waals surface area contributed by atoms with Crippen molar-refractivity contribution in [2.24, 2.45) is 0 Å². The van der Waals surface area contributed by atoms with Crippen molar-refractivity contribution in [3.8, 4) is 11.3 Å². The minimum Gasteiger partial charge on any atom is -0.465 e. The van der Waals surface area contributed by atoms with Crippen LogP contribution in [0.15, 0.2) is 60.7 Å². The number of rotatable bonds is 6. The molecular weight excluding hydrogens is 318 g/mol. The number of nitrogens with zero attached hydrogens (tertiary/aromatic N) is 3. The SMILES string of the molecule is CCOC(=O)Cn1nnc(C(=O)c2ccccc2)c1-c1ccccc1. The van der Waals surface area contributed by atoms with E-state index in [1.165, 1.54) is 4.68 Å². The number of carbonyl (C=O) groups is 2. The van der Waals surface area contributed by atoms with Gasteiger partial charge in [0.2, 0.25) is 5.78 Å². The molecule has 25 heavy (non-hydrogen) atoms. The Hall–Kier alpha value is -3.28. The summed E-state index contributed by atoms with van der Waals surface area (Å²) in [5.41, 5.74) is 1.99. The highest BCUT2D eigenvalue weighted by Crippen LogP contribution is 2.24. The van der Waals surface area contributed by atoms with E-state index in [1.54, 1.807) is 31.2 Å². The van der Waals surface area contributed by atoms with Gasteiger partial charge in [-0.2, -0.15) is 0 Å². The summed E-state index contributed by atoms with van der Waals surface area (Å²) in [6.45, 7) is 1.92. The molecule has 0 radical (unpaired) electrons. The Bertz CT molecular complexity index is 873. The molecule has 126 valence electrons. The average molecular weight is 335 g/mol. The third kappa shape index (κ3) is 3.63. The van der Waals surface area contributed by atoms with E-state index in [2.05, 4.69) is 10.3 Å². The second-order valence-electron chi connectivity index (χ2n) is 5.31. The first-order chi connectivity index (χ1) is 12.2. The second-order valence-corrected chi connectivity index (χ2v) is 5.31. The van der Waals surface area contributed by atoms with Gasteiger partial charge in [-0.3, -0.25) is 9.59 Å². The molecule has 0 unspecified atom stereocenters. The molecule has 1 aromatic heterocycles. The molecule has 0 saturated carbocycles. The summed E-state index contributed by atoms with van der Waals surface area (Å²) < 4.78 is 6.38. The van der Waals surface area contributed by atoms with Crippen LogP contribution >= 0.6 is 0 Å². The van der Waals surface area contributed by atoms with Gasteiger partial charge in [-0.1, -0.05) is 65.9 Å². The van der Waals surface area contributed by atoms with Gasteiger partial charge in [0.25, 0.3) is 0 Å². The lowest BCUT2D eigenvalue weighted by molar-refractivity contribution is -0.144. The number of hydrogen-bond donors (Lipinski definition) is 0. The maximum atomic E-state index is 12.8. The summed E-state index contributed by atoms with van der Waals surface area (Å²) in [5.74, 6) is -0.669. The van der Waals surface area contributed by atoms with Crippen LogP contribution in [-0.4, -0.2) is 33.4 Å². The fraction of sp³-hybridized carbons (Fsp3) is 0.158. The molecule has 0 aliphatic rings. The van der Waals surface area contributed by atoms with E-state index in [-0.39, 0.29) is 24.6 Å². The van der Waals surface area contributed by atoms with Crippen molar-refractivity contribution in [2.75, 3.05) is 6.61 Å². The van der Waals surface area contributed by atoms with Gasteiger partial charge in [0.15, 0.2) is 5.69 Å². The maximum absolute atomic E-state index is 12.8. The molecule has 0 bridgehead atoms. The number of ether oxygens (including phenoxy) is 1. The van der Waals surface area contributed by atoms with Crippen molar-refractivity contribution >= 4 is 11.8 Å². The van der Waals surface area contributed by atoms with Crippen molar-refractivity contribution in [2.45, 2.75) is 13.5 Å². The zero-order valence-corrected chi connectivity index (χ0v) is 13.8. The summed E-state index contributed by atoms with van der Waals surface area (Å²) in [6, 6.07) is 18.2. The predicted molar refractivity (Wildman–Crippen MR) is 92.0 cm³/mol. The third-order valence-corrected chi connectivity index (χ3v) is 3.62. The van der Waals surface area contributed by atoms with Crippen molar-refractivity contribution in [3.05, 3.63) is 71.9 Å². The van der Waals surface area contributed by atoms with E-state index in [1.807, 2.05) is 36.4 Å². The van der Waals surface area contributed by atoms with Crippen LogP contribution in [0.25, 0.3) is 11.3 Å². The minimum absolute atomic E-state index is 0.104. The Morgan fingerprint density at radius 3 is 2.28 bits per heavy atom. The highest BCUT2D eigenvalue weighted by molar-refractivity contribution is 6.11. The molecule has 0 aliphatic carbocycles. The standard InChI is InChI=1S/C19H17N3O3/c1-2-25-16(23)13-22-18(14-9-5-3-6-10-14)17(20-21-22)19(24)15-11-7-4-8-12-15/h3-12H,2,13H2,1H3. The lowest BCUT2D eigenvalue weighted by Gasteiger charge is -2.08. The van der Waals surface area contributed by atoms with Crippen LogP contribution < -0.4 is 0 Å². The van der Waals surface area contributed by atoms with Crippen LogP contribution in [0.5, 0.6) is 0 Å². The molecule has 0 aliphatic heterocycles. The van der Waals surface area contributed by atoms with E-state index in [9.17, 15) is 9.59 Å². The van der Waals surface area contributed by atoms with Crippen molar-refractivity contribution < 1.29 is 14.3 Å². The molecule has 0 saturated heterocycles. The molecule has 1 heterocycles. The summed E-state index contributed by atoms with van der Waals surface area (Å²) in [7, 11) is 0. The van der Waals surface area contributed by atoms with Crippen molar-refractivity contribution in [3.63, 3.8) is 0 Å². The van der Waals surface area contributed by atoms with E-state index in [0.29, 0.717) is 11.3 Å². The highest BCUT2D eigenvalue weighted by Gasteiger charge is 2.23. The largest absolute Gasteiger partial charge is 0.465 e. The van der Waals surface area contributed by atoms with Crippen molar-refractivity contribution in [1.29, 1.82) is 0 Å². The molecule has 0 fully saturated rings. The minimum atomic E-state index is -0.428. The summed E-state index contributed by atoms with van der Waals surface area (Å²) in [6.07, 6.45) is 0. The number of hydrogen-bond acceptors (Lipinski definition) is 5. The highest BCUT2D eigenvalue weighted by atomic mass is 16.5. The Balaban J connectivity index is 2.05. The molecule has 0 atom stereocenters. The lowest BCUT2D eigenvalue weighted by Crippen LogP contribution is -2.16. The number of ketones is 1. The first-order valence-corrected chi connectivity index (χ1v) is 7.95. The fourth-order valence-corrected chi connectivity index (χ4v) is 2.51. The van der Waals surface area contributed by atoms with Crippen LogP contribution in [0.2, 0.25) is 0 Å². The number of aromatic nitrogens is 3. The summed E-state index contributed by atoms with van der Waals surface area (Å²) in [4.78, 5) is 24.7. The Labute approximate surface area is 145 Å². The van der Waals surface area contributed by atoms with E-state index < -0.39 is 5.97 Å². The van der Waals surface area contributed by atoms with Gasteiger partial charge >= 0.3 is 5.97 Å². The Morgan fingerprint density at radius 1 is 1.00 bits per heavy atom. The second kappa shape index (κ2) is 7.53. The molecule has 3 rings (SSSR count). The zero-order valence-electron chi connectivity index (χ0n) is 13.8. The van der Waals surface area contributed by atoms with Crippen LogP contribution in [0.3, 0.4) is 0 Å². The monoisotopic (exact) mass is 335 g/mol. The van der Waals surface area contributed by atoms with Gasteiger partial charge in [0.1, 0.15) is 12.2 Å². The quantitative estimate of drug-likeness (QED) is 0.511. The zero-order chi connectivity index (χ0) is 17.6. The molecular formula is C19H17N3O3. The van der Waals surface area contributed by atoms with E-state index in [4.69, 9.17) is 4.74 Å².